The van der Waals surface area contributed by atoms with E-state index in [9.17, 15) is 0 Å². The highest BCUT2D eigenvalue weighted by Gasteiger charge is 2.21. The van der Waals surface area contributed by atoms with Crippen LogP contribution >= 0.6 is 0 Å². The average Bonchev–Trinajstić information content (AvgIpc) is 2.93. The van der Waals surface area contributed by atoms with Gasteiger partial charge in [0, 0.05) is 12.2 Å². The van der Waals surface area contributed by atoms with Crippen LogP contribution in [0.4, 0.5) is 5.82 Å². The molecule has 120 valence electrons. The Kier molecular flexibility index (Phi) is 5.16. The van der Waals surface area contributed by atoms with E-state index in [2.05, 4.69) is 61.7 Å². The maximum atomic E-state index is 5.94. The van der Waals surface area contributed by atoms with Crippen molar-refractivity contribution in [2.24, 2.45) is 16.6 Å². The fourth-order valence-electron chi connectivity index (χ4n) is 2.77. The van der Waals surface area contributed by atoms with Gasteiger partial charge >= 0.3 is 0 Å². The molecule has 2 rings (SSSR count). The number of hydrogen-bond donors (Lipinski definition) is 1. The molecule has 4 heteroatoms. The quantitative estimate of drug-likeness (QED) is 0.604. The molecule has 0 aliphatic heterocycles. The molecule has 1 aliphatic rings. The first kappa shape index (κ1) is 16.7. The van der Waals surface area contributed by atoms with Gasteiger partial charge in [0.15, 0.2) is 5.82 Å². The van der Waals surface area contributed by atoms with Crippen molar-refractivity contribution in [2.45, 2.75) is 26.3 Å². The standard InChI is InChI=1S/C19H24N4/c1-6-13(2)18-17(15(4)20)19(21-5)23(22-18)12-14(3)16-10-8-7-9-11-16/h6-8,10,14H,1-2,4-5,9,11-12,20H2,3H3. The van der Waals surface area contributed by atoms with Crippen molar-refractivity contribution in [3.63, 3.8) is 0 Å². The zero-order valence-electron chi connectivity index (χ0n) is 13.8. The lowest BCUT2D eigenvalue weighted by atomic mass is 9.93. The van der Waals surface area contributed by atoms with Crippen molar-refractivity contribution in [1.29, 1.82) is 0 Å². The molecule has 0 radical (unpaired) electrons. The summed E-state index contributed by atoms with van der Waals surface area (Å²) in [5.41, 5.74) is 9.81. The average molecular weight is 308 g/mol. The number of aliphatic imine (C=N–C) groups is 1. The largest absolute Gasteiger partial charge is 0.399 e. The van der Waals surface area contributed by atoms with Crippen LogP contribution in [0.3, 0.4) is 0 Å². The first-order valence-corrected chi connectivity index (χ1v) is 7.69. The number of aromatic nitrogens is 2. The van der Waals surface area contributed by atoms with Crippen LogP contribution in [-0.4, -0.2) is 16.5 Å². The highest BCUT2D eigenvalue weighted by Crippen LogP contribution is 2.32. The molecular weight excluding hydrogens is 284 g/mol. The zero-order chi connectivity index (χ0) is 17.0. The van der Waals surface area contributed by atoms with E-state index in [0.29, 0.717) is 40.8 Å². The molecule has 1 aromatic heterocycles. The molecule has 1 unspecified atom stereocenters. The lowest BCUT2D eigenvalue weighted by molar-refractivity contribution is 0.492. The van der Waals surface area contributed by atoms with Crippen LogP contribution in [0, 0.1) is 5.92 Å². The monoisotopic (exact) mass is 308 g/mol. The van der Waals surface area contributed by atoms with Gasteiger partial charge in [0.1, 0.15) is 5.69 Å². The van der Waals surface area contributed by atoms with E-state index >= 15 is 0 Å². The molecule has 0 amide bonds. The second-order valence-corrected chi connectivity index (χ2v) is 5.75. The van der Waals surface area contributed by atoms with Gasteiger partial charge in [0.05, 0.1) is 5.56 Å². The Hall–Kier alpha value is -2.62. The summed E-state index contributed by atoms with van der Waals surface area (Å²) >= 11 is 0. The molecule has 1 atom stereocenters. The number of allylic oxidation sites excluding steroid dienone is 6. The van der Waals surface area contributed by atoms with Crippen molar-refractivity contribution in [3.8, 4) is 0 Å². The predicted octanol–water partition coefficient (Wildman–Crippen LogP) is 4.26. The number of hydrogen-bond acceptors (Lipinski definition) is 3. The van der Waals surface area contributed by atoms with Crippen LogP contribution in [-0.2, 0) is 6.54 Å². The van der Waals surface area contributed by atoms with E-state index in [0.717, 1.165) is 12.8 Å². The third kappa shape index (κ3) is 3.42. The third-order valence-electron chi connectivity index (χ3n) is 4.07. The second-order valence-electron chi connectivity index (χ2n) is 5.75. The molecule has 23 heavy (non-hydrogen) atoms. The highest BCUT2D eigenvalue weighted by molar-refractivity contribution is 5.84. The smallest absolute Gasteiger partial charge is 0.159 e. The Balaban J connectivity index is 2.42. The van der Waals surface area contributed by atoms with E-state index in [1.165, 1.54) is 5.57 Å². The fraction of sp³-hybridized carbons (Fsp3) is 0.263. The summed E-state index contributed by atoms with van der Waals surface area (Å²) in [5.74, 6) is 0.985. The molecule has 0 fully saturated rings. The Morgan fingerprint density at radius 1 is 1.52 bits per heavy atom. The van der Waals surface area contributed by atoms with Crippen LogP contribution in [0.15, 0.2) is 54.6 Å². The SMILES string of the molecule is C=CC(=C)c1nn(CC(C)C2=CC=CCC2)c(N=C)c1C(=C)N. The summed E-state index contributed by atoms with van der Waals surface area (Å²) in [6.45, 7) is 18.1. The third-order valence-corrected chi connectivity index (χ3v) is 4.07. The van der Waals surface area contributed by atoms with Gasteiger partial charge < -0.3 is 5.73 Å². The molecule has 0 saturated carbocycles. The van der Waals surface area contributed by atoms with Crippen LogP contribution in [0.5, 0.6) is 0 Å². The maximum Gasteiger partial charge on any atom is 0.159 e. The molecule has 0 saturated heterocycles. The topological polar surface area (TPSA) is 56.2 Å². The minimum Gasteiger partial charge on any atom is -0.399 e. The molecule has 0 aromatic carbocycles. The summed E-state index contributed by atoms with van der Waals surface area (Å²) in [5, 5.41) is 4.63. The van der Waals surface area contributed by atoms with E-state index < -0.39 is 0 Å². The van der Waals surface area contributed by atoms with Gasteiger partial charge in [-0.25, -0.2) is 9.67 Å². The van der Waals surface area contributed by atoms with Gasteiger partial charge in [-0.15, -0.1) is 0 Å². The Morgan fingerprint density at radius 3 is 2.78 bits per heavy atom. The molecule has 1 aromatic rings. The molecule has 4 nitrogen and oxygen atoms in total. The zero-order valence-corrected chi connectivity index (χ0v) is 13.8. The summed E-state index contributed by atoms with van der Waals surface area (Å²) in [6, 6.07) is 0. The predicted molar refractivity (Wildman–Crippen MR) is 99.5 cm³/mol. The number of nitrogens with zero attached hydrogens (tertiary/aromatic N) is 3. The summed E-state index contributed by atoms with van der Waals surface area (Å²) < 4.78 is 1.84. The van der Waals surface area contributed by atoms with Gasteiger partial charge in [-0.2, -0.15) is 5.10 Å². The minimum absolute atomic E-state index is 0.351. The first-order valence-electron chi connectivity index (χ1n) is 7.69. The maximum absolute atomic E-state index is 5.94. The van der Waals surface area contributed by atoms with Crippen molar-refractivity contribution >= 4 is 23.8 Å². The Labute approximate surface area is 138 Å². The van der Waals surface area contributed by atoms with Crippen molar-refractivity contribution in [3.05, 3.63) is 60.9 Å². The van der Waals surface area contributed by atoms with Gasteiger partial charge in [-0.1, -0.05) is 56.5 Å². The van der Waals surface area contributed by atoms with E-state index in [-0.39, 0.29) is 0 Å². The highest BCUT2D eigenvalue weighted by atomic mass is 15.3. The van der Waals surface area contributed by atoms with E-state index in [1.54, 1.807) is 6.08 Å². The van der Waals surface area contributed by atoms with Gasteiger partial charge in [-0.05, 0) is 31.1 Å². The fourth-order valence-corrected chi connectivity index (χ4v) is 2.77. The van der Waals surface area contributed by atoms with Crippen LogP contribution in [0.1, 0.15) is 31.0 Å². The lowest BCUT2D eigenvalue weighted by Gasteiger charge is -2.18. The molecule has 1 heterocycles. The van der Waals surface area contributed by atoms with E-state index in [1.807, 2.05) is 4.68 Å². The van der Waals surface area contributed by atoms with E-state index in [4.69, 9.17) is 5.73 Å². The Morgan fingerprint density at radius 2 is 2.26 bits per heavy atom. The number of nitrogens with two attached hydrogens (primary N) is 1. The summed E-state index contributed by atoms with van der Waals surface area (Å²) in [4.78, 5) is 4.13. The van der Waals surface area contributed by atoms with Gasteiger partial charge in [0.25, 0.3) is 0 Å². The van der Waals surface area contributed by atoms with Gasteiger partial charge in [0.2, 0.25) is 0 Å². The summed E-state index contributed by atoms with van der Waals surface area (Å²) in [7, 11) is 0. The number of rotatable bonds is 7. The molecule has 0 spiro atoms. The van der Waals surface area contributed by atoms with Crippen molar-refractivity contribution in [2.75, 3.05) is 0 Å². The molecule has 2 N–H and O–H groups in total. The molecule has 0 bridgehead atoms. The molecule has 1 aliphatic carbocycles. The second kappa shape index (κ2) is 7.09. The lowest BCUT2D eigenvalue weighted by Crippen LogP contribution is -2.12. The van der Waals surface area contributed by atoms with Crippen LogP contribution in [0.25, 0.3) is 11.3 Å². The van der Waals surface area contributed by atoms with Crippen molar-refractivity contribution < 1.29 is 0 Å². The Bertz CT molecular complexity index is 716. The molecular formula is C19H24N4. The van der Waals surface area contributed by atoms with Crippen LogP contribution in [0.2, 0.25) is 0 Å². The normalized spacial score (nSPS) is 14.9. The van der Waals surface area contributed by atoms with Gasteiger partial charge in [-0.3, -0.25) is 0 Å². The minimum atomic E-state index is 0.351. The summed E-state index contributed by atoms with van der Waals surface area (Å²) in [6.07, 6.45) is 10.3. The first-order chi connectivity index (χ1) is 11.0. The van der Waals surface area contributed by atoms with Crippen molar-refractivity contribution in [1.82, 2.24) is 9.78 Å². The van der Waals surface area contributed by atoms with Crippen LogP contribution < -0.4 is 5.73 Å².